The third-order valence-corrected chi connectivity index (χ3v) is 6.22. The van der Waals surface area contributed by atoms with Crippen LogP contribution in [-0.4, -0.2) is 48.8 Å². The molecule has 5 aromatic rings. The van der Waals surface area contributed by atoms with E-state index in [4.69, 9.17) is 9.72 Å². The van der Waals surface area contributed by atoms with Crippen LogP contribution in [0.4, 0.5) is 18.9 Å². The molecule has 39 heavy (non-hydrogen) atoms. The van der Waals surface area contributed by atoms with Gasteiger partial charge in [-0.25, -0.2) is 19.7 Å². The molecule has 0 aliphatic heterocycles. The highest BCUT2D eigenvalue weighted by Crippen LogP contribution is 2.31. The molecule has 0 saturated heterocycles. The largest absolute Gasteiger partial charge is 0.434 e. The number of nitrogens with one attached hydrogen (secondary N) is 2. The van der Waals surface area contributed by atoms with Crippen molar-refractivity contribution in [3.8, 4) is 22.8 Å². The van der Waals surface area contributed by atoms with Crippen LogP contribution in [-0.2, 0) is 24.5 Å². The lowest BCUT2D eigenvalue weighted by atomic mass is 10.1. The minimum atomic E-state index is -4.52. The summed E-state index contributed by atoms with van der Waals surface area (Å²) in [6.07, 6.45) is -1.99. The molecule has 3 aromatic heterocycles. The third-order valence-electron chi connectivity index (χ3n) is 6.22. The summed E-state index contributed by atoms with van der Waals surface area (Å²) in [6.45, 7) is 2.73. The van der Waals surface area contributed by atoms with Crippen molar-refractivity contribution >= 4 is 16.9 Å². The third kappa shape index (κ3) is 5.41. The summed E-state index contributed by atoms with van der Waals surface area (Å²) in [7, 11) is 3.16. The molecule has 0 saturated carbocycles. The number of H-pyrrole nitrogens is 1. The van der Waals surface area contributed by atoms with E-state index in [2.05, 4.69) is 20.3 Å². The van der Waals surface area contributed by atoms with Crippen LogP contribution < -0.4 is 11.0 Å². The van der Waals surface area contributed by atoms with Gasteiger partial charge in [0.2, 0.25) is 0 Å². The molecule has 202 valence electrons. The molecule has 0 amide bonds. The van der Waals surface area contributed by atoms with Crippen LogP contribution in [0.1, 0.15) is 18.2 Å². The molecule has 5 rings (SSSR count). The smallest absolute Gasteiger partial charge is 0.383 e. The average Bonchev–Trinajstić information content (AvgIpc) is 3.44. The van der Waals surface area contributed by atoms with Crippen molar-refractivity contribution in [3.63, 3.8) is 0 Å². The van der Waals surface area contributed by atoms with Gasteiger partial charge in [-0.05, 0) is 24.6 Å². The summed E-state index contributed by atoms with van der Waals surface area (Å²) < 4.78 is 47.2. The van der Waals surface area contributed by atoms with Crippen LogP contribution in [0.15, 0.2) is 65.7 Å². The van der Waals surface area contributed by atoms with Crippen LogP contribution in [0.5, 0.6) is 0 Å². The van der Waals surface area contributed by atoms with Crippen molar-refractivity contribution in [1.82, 2.24) is 29.1 Å². The summed E-state index contributed by atoms with van der Waals surface area (Å²) in [5.41, 5.74) is 2.54. The maximum absolute atomic E-state index is 13.1. The van der Waals surface area contributed by atoms with Gasteiger partial charge in [0.05, 0.1) is 19.3 Å². The number of imidazole rings is 2. The Kier molecular flexibility index (Phi) is 6.96. The van der Waals surface area contributed by atoms with Crippen molar-refractivity contribution in [2.75, 3.05) is 19.0 Å². The van der Waals surface area contributed by atoms with Gasteiger partial charge >= 0.3 is 11.9 Å². The fourth-order valence-electron chi connectivity index (χ4n) is 4.40. The summed E-state index contributed by atoms with van der Waals surface area (Å²) in [4.78, 5) is 28.5. The van der Waals surface area contributed by atoms with E-state index >= 15 is 0 Å². The number of aromatic nitrogens is 6. The van der Waals surface area contributed by atoms with Crippen molar-refractivity contribution in [2.24, 2.45) is 7.05 Å². The Labute approximate surface area is 221 Å². The quantitative estimate of drug-likeness (QED) is 0.298. The van der Waals surface area contributed by atoms with Crippen molar-refractivity contribution in [1.29, 1.82) is 0 Å². The highest BCUT2D eigenvalue weighted by atomic mass is 19.4. The second-order valence-electron chi connectivity index (χ2n) is 9.25. The Balaban J connectivity index is 1.45. The molecule has 1 unspecified atom stereocenters. The highest BCUT2D eigenvalue weighted by Gasteiger charge is 2.34. The van der Waals surface area contributed by atoms with Crippen LogP contribution in [0.25, 0.3) is 33.9 Å². The van der Waals surface area contributed by atoms with Gasteiger partial charge in [-0.2, -0.15) is 13.2 Å². The summed E-state index contributed by atoms with van der Waals surface area (Å²) >= 11 is 0. The average molecular weight is 538 g/mol. The van der Waals surface area contributed by atoms with E-state index < -0.39 is 11.9 Å². The maximum Gasteiger partial charge on any atom is 0.434 e. The maximum atomic E-state index is 13.1. The molecule has 0 aliphatic rings. The number of ether oxygens (including phenoxy) is 1. The first kappa shape index (κ1) is 26.2. The minimum absolute atomic E-state index is 0.0547. The monoisotopic (exact) mass is 537 g/mol. The predicted molar refractivity (Wildman–Crippen MR) is 141 cm³/mol. The molecular formula is C27H26F3N7O2. The first-order valence-corrected chi connectivity index (χ1v) is 12.1. The second kappa shape index (κ2) is 10.4. The fraction of sp³-hybridized carbons (Fsp3) is 0.259. The second-order valence-corrected chi connectivity index (χ2v) is 9.25. The van der Waals surface area contributed by atoms with Gasteiger partial charge < -0.3 is 19.6 Å². The van der Waals surface area contributed by atoms with Crippen molar-refractivity contribution in [3.05, 3.63) is 82.7 Å². The number of hydrogen-bond donors (Lipinski definition) is 2. The number of hydrogen-bond acceptors (Lipinski definition) is 6. The van der Waals surface area contributed by atoms with E-state index in [1.807, 2.05) is 31.2 Å². The van der Waals surface area contributed by atoms with E-state index in [9.17, 15) is 18.0 Å². The molecular weight excluding hydrogens is 511 g/mol. The van der Waals surface area contributed by atoms with Crippen molar-refractivity contribution < 1.29 is 17.9 Å². The van der Waals surface area contributed by atoms with Gasteiger partial charge in [-0.15, -0.1) is 0 Å². The molecule has 9 nitrogen and oxygen atoms in total. The number of nitrogens with zero attached hydrogens (tertiary/aromatic N) is 5. The Morgan fingerprint density at radius 1 is 1.10 bits per heavy atom. The van der Waals surface area contributed by atoms with E-state index in [0.717, 1.165) is 23.0 Å². The first-order chi connectivity index (χ1) is 18.6. The molecule has 1 atom stereocenters. The number of aromatic amines is 1. The number of anilines is 1. The summed E-state index contributed by atoms with van der Waals surface area (Å²) in [5.74, 6) is 0.649. The summed E-state index contributed by atoms with van der Waals surface area (Å²) in [6, 6.07) is 14.6. The number of para-hydroxylation sites is 1. The van der Waals surface area contributed by atoms with E-state index in [-0.39, 0.29) is 24.1 Å². The number of halogens is 3. The minimum Gasteiger partial charge on any atom is -0.383 e. The normalized spacial score (nSPS) is 12.7. The Bertz CT molecular complexity index is 1670. The fourth-order valence-corrected chi connectivity index (χ4v) is 4.40. The van der Waals surface area contributed by atoms with Crippen LogP contribution in [0, 0.1) is 0 Å². The number of rotatable bonds is 8. The zero-order valence-electron chi connectivity index (χ0n) is 21.5. The molecule has 0 fully saturated rings. The highest BCUT2D eigenvalue weighted by molar-refractivity contribution is 5.78. The molecule has 0 spiro atoms. The molecule has 2 aromatic carbocycles. The molecule has 3 heterocycles. The number of benzene rings is 2. The van der Waals surface area contributed by atoms with E-state index in [0.29, 0.717) is 29.2 Å². The topological polar surface area (TPSA) is 103 Å². The predicted octanol–water partition coefficient (Wildman–Crippen LogP) is 4.70. The zero-order valence-corrected chi connectivity index (χ0v) is 21.5. The molecule has 0 bridgehead atoms. The lowest BCUT2D eigenvalue weighted by molar-refractivity contribution is -0.140. The standard InChI is InChI=1S/C27H26F3N7O2/c1-16(15-39-3)32-20-7-5-4-6-19(20)23-31-12-21-25(35-23)37(26(38)33-21)13-17-8-10-18(11-9-17)24-34-22(14-36(24)2)27(28,29)30/h4-12,14,16,32H,13,15H2,1-3H3,(H,33,38). The van der Waals surface area contributed by atoms with Gasteiger partial charge in [-0.3, -0.25) is 4.57 Å². The number of fused-ring (bicyclic) bond motifs is 1. The van der Waals surface area contributed by atoms with Gasteiger partial charge in [0.1, 0.15) is 11.3 Å². The van der Waals surface area contributed by atoms with Crippen LogP contribution in [0.3, 0.4) is 0 Å². The number of methoxy groups -OCH3 is 1. The Morgan fingerprint density at radius 2 is 1.85 bits per heavy atom. The number of aryl methyl sites for hydroxylation is 1. The van der Waals surface area contributed by atoms with E-state index in [1.165, 1.54) is 16.2 Å². The van der Waals surface area contributed by atoms with Gasteiger partial charge in [0.15, 0.2) is 17.2 Å². The van der Waals surface area contributed by atoms with Crippen LogP contribution >= 0.6 is 0 Å². The first-order valence-electron chi connectivity index (χ1n) is 12.1. The van der Waals surface area contributed by atoms with Gasteiger partial charge in [0.25, 0.3) is 0 Å². The van der Waals surface area contributed by atoms with Gasteiger partial charge in [-0.1, -0.05) is 36.4 Å². The van der Waals surface area contributed by atoms with E-state index in [1.54, 1.807) is 37.6 Å². The molecule has 0 radical (unpaired) electrons. The van der Waals surface area contributed by atoms with Crippen molar-refractivity contribution in [2.45, 2.75) is 25.7 Å². The molecule has 12 heteroatoms. The Hall–Kier alpha value is -4.45. The number of alkyl halides is 3. The molecule has 2 N–H and O–H groups in total. The lowest BCUT2D eigenvalue weighted by Crippen LogP contribution is -2.21. The SMILES string of the molecule is COCC(C)Nc1ccccc1-c1ncc2[nH]c(=O)n(Cc3ccc(-c4nc(C(F)(F)F)cn4C)cc3)c2n1. The summed E-state index contributed by atoms with van der Waals surface area (Å²) in [5, 5.41) is 3.40. The zero-order chi connectivity index (χ0) is 27.7. The van der Waals surface area contributed by atoms with Crippen LogP contribution in [0.2, 0.25) is 0 Å². The Morgan fingerprint density at radius 3 is 2.54 bits per heavy atom. The molecule has 0 aliphatic carbocycles. The lowest BCUT2D eigenvalue weighted by Gasteiger charge is -2.17. The van der Waals surface area contributed by atoms with Gasteiger partial charge in [0, 0.05) is 43.2 Å².